The second-order valence-electron chi connectivity index (χ2n) is 4.87. The second-order valence-corrected chi connectivity index (χ2v) is 4.87. The van der Waals surface area contributed by atoms with Crippen LogP contribution in [0.15, 0.2) is 30.8 Å². The molecular weight excluding hydrogens is 206 g/mol. The molecule has 0 spiro atoms. The van der Waals surface area contributed by atoms with Crippen molar-refractivity contribution in [3.63, 3.8) is 0 Å². The molecule has 0 aliphatic carbocycles. The molecule has 0 fully saturated rings. The van der Waals surface area contributed by atoms with Gasteiger partial charge in [0, 0.05) is 6.92 Å². The topological polar surface area (TPSA) is 0 Å². The molecule has 1 rings (SSSR count). The summed E-state index contributed by atoms with van der Waals surface area (Å²) in [6, 6.07) is 7.21. The van der Waals surface area contributed by atoms with Crippen molar-refractivity contribution in [2.24, 2.45) is 0 Å². The molecule has 0 unspecified atom stereocenters. The summed E-state index contributed by atoms with van der Waals surface area (Å²) >= 11 is 0. The quantitative estimate of drug-likeness (QED) is 0.701. The molecular formula is C14H18F2. The van der Waals surface area contributed by atoms with Crippen LogP contribution in [0.25, 0.3) is 5.57 Å². The first kappa shape index (κ1) is 12.9. The molecule has 0 bridgehead atoms. The van der Waals surface area contributed by atoms with Gasteiger partial charge in [0.05, 0.1) is 5.41 Å². The van der Waals surface area contributed by atoms with Crippen molar-refractivity contribution in [3.8, 4) is 0 Å². The molecule has 0 amide bonds. The van der Waals surface area contributed by atoms with Crippen LogP contribution in [0.3, 0.4) is 0 Å². The van der Waals surface area contributed by atoms with Crippen LogP contribution in [0.2, 0.25) is 0 Å². The molecule has 0 aromatic heterocycles. The number of halogens is 2. The fourth-order valence-corrected chi connectivity index (χ4v) is 1.43. The zero-order valence-electron chi connectivity index (χ0n) is 10.3. The Morgan fingerprint density at radius 2 is 1.75 bits per heavy atom. The Morgan fingerprint density at radius 1 is 1.19 bits per heavy atom. The number of rotatable bonds is 3. The Kier molecular flexibility index (Phi) is 3.22. The van der Waals surface area contributed by atoms with E-state index < -0.39 is 11.3 Å². The summed E-state index contributed by atoms with van der Waals surface area (Å²) in [5.41, 5.74) is 1.27. The minimum absolute atomic E-state index is 0.639. The van der Waals surface area contributed by atoms with Crippen molar-refractivity contribution in [1.29, 1.82) is 0 Å². The van der Waals surface area contributed by atoms with E-state index in [1.807, 2.05) is 13.0 Å². The monoisotopic (exact) mass is 224 g/mol. The van der Waals surface area contributed by atoms with Gasteiger partial charge in [-0.3, -0.25) is 0 Å². The summed E-state index contributed by atoms with van der Waals surface area (Å²) in [7, 11) is 0. The third kappa shape index (κ3) is 2.31. The number of alkyl halides is 2. The Morgan fingerprint density at radius 3 is 2.19 bits per heavy atom. The molecule has 88 valence electrons. The molecule has 0 saturated heterocycles. The second kappa shape index (κ2) is 4.00. The van der Waals surface area contributed by atoms with E-state index >= 15 is 0 Å². The first-order valence-electron chi connectivity index (χ1n) is 5.30. The smallest absolute Gasteiger partial charge is 0.206 e. The highest BCUT2D eigenvalue weighted by atomic mass is 19.3. The van der Waals surface area contributed by atoms with Crippen LogP contribution in [0.5, 0.6) is 0 Å². The highest BCUT2D eigenvalue weighted by Gasteiger charge is 2.43. The Bertz CT molecular complexity index is 397. The van der Waals surface area contributed by atoms with Gasteiger partial charge in [0.15, 0.2) is 0 Å². The van der Waals surface area contributed by atoms with Crippen LogP contribution >= 0.6 is 0 Å². The molecule has 0 heterocycles. The fourth-order valence-electron chi connectivity index (χ4n) is 1.43. The van der Waals surface area contributed by atoms with Crippen LogP contribution in [-0.2, 0) is 5.41 Å². The average Bonchev–Trinajstić information content (AvgIpc) is 2.16. The molecule has 0 nitrogen and oxygen atoms in total. The lowest BCUT2D eigenvalue weighted by atomic mass is 9.78. The molecule has 0 N–H and O–H groups in total. The van der Waals surface area contributed by atoms with Crippen molar-refractivity contribution in [1.82, 2.24) is 0 Å². The van der Waals surface area contributed by atoms with Gasteiger partial charge in [-0.1, -0.05) is 50.3 Å². The van der Waals surface area contributed by atoms with Gasteiger partial charge in [-0.05, 0) is 18.1 Å². The lowest BCUT2D eigenvalue weighted by Crippen LogP contribution is -2.37. The van der Waals surface area contributed by atoms with Crippen molar-refractivity contribution in [2.75, 3.05) is 0 Å². The van der Waals surface area contributed by atoms with Crippen LogP contribution in [0, 0.1) is 0 Å². The third-order valence-corrected chi connectivity index (χ3v) is 3.17. The minimum atomic E-state index is -2.75. The van der Waals surface area contributed by atoms with E-state index in [0.29, 0.717) is 5.56 Å². The number of hydrogen-bond donors (Lipinski definition) is 0. The number of hydrogen-bond acceptors (Lipinski definition) is 0. The lowest BCUT2D eigenvalue weighted by molar-refractivity contribution is -0.0467. The van der Waals surface area contributed by atoms with Gasteiger partial charge in [0.2, 0.25) is 0 Å². The predicted octanol–water partition coefficient (Wildman–Crippen LogP) is 4.65. The van der Waals surface area contributed by atoms with E-state index in [-0.39, 0.29) is 0 Å². The number of allylic oxidation sites excluding steroid dienone is 1. The van der Waals surface area contributed by atoms with E-state index in [1.165, 1.54) is 0 Å². The maximum atomic E-state index is 13.5. The van der Waals surface area contributed by atoms with Gasteiger partial charge in [-0.25, -0.2) is 8.78 Å². The van der Waals surface area contributed by atoms with Gasteiger partial charge in [0.25, 0.3) is 5.92 Å². The van der Waals surface area contributed by atoms with Gasteiger partial charge in [-0.15, -0.1) is 0 Å². The SMILES string of the molecule is C=C(C)c1cccc(C(C)(C)C(C)(F)F)c1. The van der Waals surface area contributed by atoms with E-state index in [2.05, 4.69) is 6.58 Å². The molecule has 16 heavy (non-hydrogen) atoms. The zero-order valence-corrected chi connectivity index (χ0v) is 10.3. The van der Waals surface area contributed by atoms with E-state index in [9.17, 15) is 8.78 Å². The molecule has 0 aliphatic rings. The van der Waals surface area contributed by atoms with Crippen LogP contribution < -0.4 is 0 Å². The Hall–Kier alpha value is -1.18. The highest BCUT2D eigenvalue weighted by Crippen LogP contribution is 2.39. The highest BCUT2D eigenvalue weighted by molar-refractivity contribution is 5.62. The van der Waals surface area contributed by atoms with Gasteiger partial charge < -0.3 is 0 Å². The summed E-state index contributed by atoms with van der Waals surface area (Å²) in [6.07, 6.45) is 0. The maximum absolute atomic E-state index is 13.5. The van der Waals surface area contributed by atoms with E-state index in [1.54, 1.807) is 32.0 Å². The molecule has 1 aromatic rings. The van der Waals surface area contributed by atoms with Gasteiger partial charge in [-0.2, -0.15) is 0 Å². The maximum Gasteiger partial charge on any atom is 0.254 e. The van der Waals surface area contributed by atoms with Crippen LogP contribution in [-0.4, -0.2) is 5.92 Å². The molecule has 0 radical (unpaired) electrons. The van der Waals surface area contributed by atoms with Crippen LogP contribution in [0.4, 0.5) is 8.78 Å². The standard InChI is InChI=1S/C14H18F2/c1-10(2)11-7-6-8-12(9-11)13(3,4)14(5,15)16/h6-9H,1H2,2-5H3. The molecule has 0 aliphatic heterocycles. The van der Waals surface area contributed by atoms with Crippen molar-refractivity contribution in [2.45, 2.75) is 39.0 Å². The Labute approximate surface area is 96.0 Å². The summed E-state index contributed by atoms with van der Waals surface area (Å²) in [5, 5.41) is 0. The fraction of sp³-hybridized carbons (Fsp3) is 0.429. The summed E-state index contributed by atoms with van der Waals surface area (Å²) in [4.78, 5) is 0. The Balaban J connectivity index is 3.24. The predicted molar refractivity (Wildman–Crippen MR) is 64.8 cm³/mol. The molecule has 1 aromatic carbocycles. The first-order valence-corrected chi connectivity index (χ1v) is 5.30. The normalized spacial score (nSPS) is 12.6. The zero-order chi connectivity index (χ0) is 12.6. The average molecular weight is 224 g/mol. The molecule has 2 heteroatoms. The largest absolute Gasteiger partial charge is 0.254 e. The van der Waals surface area contributed by atoms with Gasteiger partial charge >= 0.3 is 0 Å². The summed E-state index contributed by atoms with van der Waals surface area (Å²) in [5.74, 6) is -2.75. The summed E-state index contributed by atoms with van der Waals surface area (Å²) in [6.45, 7) is 9.77. The molecule has 0 saturated carbocycles. The van der Waals surface area contributed by atoms with Crippen LogP contribution in [0.1, 0.15) is 38.8 Å². The van der Waals surface area contributed by atoms with Gasteiger partial charge in [0.1, 0.15) is 0 Å². The first-order chi connectivity index (χ1) is 7.16. The van der Waals surface area contributed by atoms with Crippen molar-refractivity contribution < 1.29 is 8.78 Å². The van der Waals surface area contributed by atoms with E-state index in [4.69, 9.17) is 0 Å². The number of benzene rings is 1. The molecule has 0 atom stereocenters. The minimum Gasteiger partial charge on any atom is -0.206 e. The van der Waals surface area contributed by atoms with Crippen molar-refractivity contribution in [3.05, 3.63) is 42.0 Å². The summed E-state index contributed by atoms with van der Waals surface area (Å²) < 4.78 is 27.0. The lowest BCUT2D eigenvalue weighted by Gasteiger charge is -2.32. The van der Waals surface area contributed by atoms with E-state index in [0.717, 1.165) is 18.1 Å². The third-order valence-electron chi connectivity index (χ3n) is 3.17. The van der Waals surface area contributed by atoms with Crippen molar-refractivity contribution >= 4 is 5.57 Å².